The van der Waals surface area contributed by atoms with Crippen molar-refractivity contribution in [2.24, 2.45) is 0 Å². The van der Waals surface area contributed by atoms with E-state index in [4.69, 9.17) is 9.72 Å². The van der Waals surface area contributed by atoms with Crippen LogP contribution in [-0.2, 0) is 4.74 Å². The van der Waals surface area contributed by atoms with Gasteiger partial charge in [-0.2, -0.15) is 0 Å². The van der Waals surface area contributed by atoms with E-state index < -0.39 is 0 Å². The number of halogens is 1. The zero-order chi connectivity index (χ0) is 18.7. The van der Waals surface area contributed by atoms with Crippen molar-refractivity contribution in [1.29, 1.82) is 0 Å². The fourth-order valence-corrected chi connectivity index (χ4v) is 3.78. The van der Waals surface area contributed by atoms with E-state index >= 15 is 0 Å². The molecule has 138 valence electrons. The second-order valence-electron chi connectivity index (χ2n) is 5.73. The SMILES string of the molecule is CCNC(=O)c1sc2nc(-c3ccc(F)cc3)c(NCCOC)n2c1C. The highest BCUT2D eigenvalue weighted by atomic mass is 32.1. The fraction of sp³-hybridized carbons (Fsp3) is 0.333. The molecule has 2 aromatic heterocycles. The number of nitrogens with zero attached hydrogens (tertiary/aromatic N) is 2. The molecule has 26 heavy (non-hydrogen) atoms. The second-order valence-corrected chi connectivity index (χ2v) is 6.71. The lowest BCUT2D eigenvalue weighted by atomic mass is 10.1. The van der Waals surface area contributed by atoms with E-state index in [0.717, 1.165) is 22.8 Å². The van der Waals surface area contributed by atoms with Crippen molar-refractivity contribution in [3.63, 3.8) is 0 Å². The monoisotopic (exact) mass is 376 g/mol. The van der Waals surface area contributed by atoms with Gasteiger partial charge in [-0.05, 0) is 38.1 Å². The molecule has 0 saturated heterocycles. The summed E-state index contributed by atoms with van der Waals surface area (Å²) in [6.45, 7) is 5.47. The Labute approximate surface area is 155 Å². The number of imidazole rings is 1. The maximum absolute atomic E-state index is 13.3. The zero-order valence-electron chi connectivity index (χ0n) is 14.9. The third-order valence-electron chi connectivity index (χ3n) is 3.96. The van der Waals surface area contributed by atoms with E-state index in [1.54, 1.807) is 19.2 Å². The molecule has 3 rings (SSSR count). The third kappa shape index (κ3) is 3.42. The molecule has 0 bridgehead atoms. The summed E-state index contributed by atoms with van der Waals surface area (Å²) in [6, 6.07) is 6.22. The number of thiazole rings is 1. The second kappa shape index (κ2) is 7.84. The van der Waals surface area contributed by atoms with E-state index in [-0.39, 0.29) is 11.7 Å². The van der Waals surface area contributed by atoms with Crippen LogP contribution in [0, 0.1) is 12.7 Å². The van der Waals surface area contributed by atoms with Gasteiger partial charge < -0.3 is 15.4 Å². The molecule has 2 N–H and O–H groups in total. The number of benzene rings is 1. The first-order valence-electron chi connectivity index (χ1n) is 8.35. The smallest absolute Gasteiger partial charge is 0.263 e. The minimum absolute atomic E-state index is 0.105. The molecule has 0 unspecified atom stereocenters. The number of carbonyl (C=O) groups is 1. The number of rotatable bonds is 7. The molecule has 0 fully saturated rings. The highest BCUT2D eigenvalue weighted by Crippen LogP contribution is 2.34. The average Bonchev–Trinajstić information content (AvgIpc) is 3.14. The molecule has 0 aliphatic carbocycles. The highest BCUT2D eigenvalue weighted by Gasteiger charge is 2.22. The number of aryl methyl sites for hydroxylation is 1. The fourth-order valence-electron chi connectivity index (χ4n) is 2.74. The lowest BCUT2D eigenvalue weighted by Gasteiger charge is -2.09. The number of nitrogens with one attached hydrogen (secondary N) is 2. The Hall–Kier alpha value is -2.45. The van der Waals surface area contributed by atoms with Crippen molar-refractivity contribution in [1.82, 2.24) is 14.7 Å². The highest BCUT2D eigenvalue weighted by molar-refractivity contribution is 7.19. The number of hydrogen-bond acceptors (Lipinski definition) is 5. The topological polar surface area (TPSA) is 67.7 Å². The first-order chi connectivity index (χ1) is 12.6. The molecule has 0 aliphatic heterocycles. The van der Waals surface area contributed by atoms with Crippen LogP contribution in [0.2, 0.25) is 0 Å². The Morgan fingerprint density at radius 3 is 2.73 bits per heavy atom. The van der Waals surface area contributed by atoms with Crippen molar-refractivity contribution in [3.8, 4) is 11.3 Å². The summed E-state index contributed by atoms with van der Waals surface area (Å²) >= 11 is 1.34. The van der Waals surface area contributed by atoms with Gasteiger partial charge in [0.1, 0.15) is 22.2 Å². The Balaban J connectivity index is 2.11. The van der Waals surface area contributed by atoms with Crippen LogP contribution in [-0.4, -0.2) is 42.1 Å². The minimum atomic E-state index is -0.293. The molecule has 2 heterocycles. The molecule has 0 aliphatic rings. The summed E-state index contributed by atoms with van der Waals surface area (Å²) in [5.41, 5.74) is 2.34. The predicted octanol–water partition coefficient (Wildman–Crippen LogP) is 3.32. The van der Waals surface area contributed by atoms with Crippen LogP contribution < -0.4 is 10.6 Å². The first-order valence-corrected chi connectivity index (χ1v) is 9.17. The van der Waals surface area contributed by atoms with Crippen LogP contribution in [0.4, 0.5) is 10.2 Å². The van der Waals surface area contributed by atoms with E-state index in [1.165, 1.54) is 23.5 Å². The molecular formula is C18H21FN4O2S. The molecule has 6 nitrogen and oxygen atoms in total. The molecule has 0 atom stereocenters. The molecule has 3 aromatic rings. The number of anilines is 1. The van der Waals surface area contributed by atoms with E-state index in [9.17, 15) is 9.18 Å². The van der Waals surface area contributed by atoms with Gasteiger partial charge in [0.15, 0.2) is 4.96 Å². The molecular weight excluding hydrogens is 355 g/mol. The van der Waals surface area contributed by atoms with Crippen molar-refractivity contribution < 1.29 is 13.9 Å². The Bertz CT molecular complexity index is 918. The molecule has 1 aromatic carbocycles. The van der Waals surface area contributed by atoms with Crippen LogP contribution in [0.3, 0.4) is 0 Å². The normalized spacial score (nSPS) is 11.1. The van der Waals surface area contributed by atoms with Crippen LogP contribution in [0.1, 0.15) is 22.3 Å². The summed E-state index contributed by atoms with van der Waals surface area (Å²) in [5.74, 6) is 0.373. The Morgan fingerprint density at radius 2 is 2.08 bits per heavy atom. The van der Waals surface area contributed by atoms with Crippen LogP contribution in [0.25, 0.3) is 16.2 Å². The summed E-state index contributed by atoms with van der Waals surface area (Å²) in [7, 11) is 1.64. The van der Waals surface area contributed by atoms with Gasteiger partial charge in [0.25, 0.3) is 5.91 Å². The quantitative estimate of drug-likeness (QED) is 0.621. The summed E-state index contributed by atoms with van der Waals surface area (Å²) in [4.78, 5) is 18.3. The van der Waals surface area contributed by atoms with Crippen LogP contribution in [0.15, 0.2) is 24.3 Å². The van der Waals surface area contributed by atoms with Crippen molar-refractivity contribution >= 4 is 28.0 Å². The number of amides is 1. The Kier molecular flexibility index (Phi) is 5.53. The number of aromatic nitrogens is 2. The van der Waals surface area contributed by atoms with Gasteiger partial charge in [-0.3, -0.25) is 9.20 Å². The maximum Gasteiger partial charge on any atom is 0.263 e. The number of carbonyl (C=O) groups excluding carboxylic acids is 1. The van der Waals surface area contributed by atoms with Gasteiger partial charge in [-0.1, -0.05) is 11.3 Å². The molecule has 0 saturated carbocycles. The third-order valence-corrected chi connectivity index (χ3v) is 5.11. The van der Waals surface area contributed by atoms with Crippen molar-refractivity contribution in [2.45, 2.75) is 13.8 Å². The maximum atomic E-state index is 13.3. The van der Waals surface area contributed by atoms with Crippen LogP contribution in [0.5, 0.6) is 0 Å². The van der Waals surface area contributed by atoms with Gasteiger partial charge in [0.2, 0.25) is 0 Å². The molecule has 0 spiro atoms. The lowest BCUT2D eigenvalue weighted by molar-refractivity contribution is 0.0959. The van der Waals surface area contributed by atoms with Gasteiger partial charge in [0.05, 0.1) is 6.61 Å². The van der Waals surface area contributed by atoms with Crippen molar-refractivity contribution in [3.05, 3.63) is 40.7 Å². The molecule has 0 radical (unpaired) electrons. The average molecular weight is 376 g/mol. The van der Waals surface area contributed by atoms with Gasteiger partial charge >= 0.3 is 0 Å². The largest absolute Gasteiger partial charge is 0.383 e. The summed E-state index contributed by atoms with van der Waals surface area (Å²) in [5, 5.41) is 6.16. The number of fused-ring (bicyclic) bond motifs is 1. The summed E-state index contributed by atoms with van der Waals surface area (Å²) < 4.78 is 20.3. The van der Waals surface area contributed by atoms with Gasteiger partial charge in [-0.15, -0.1) is 0 Å². The zero-order valence-corrected chi connectivity index (χ0v) is 15.7. The number of methoxy groups -OCH3 is 1. The summed E-state index contributed by atoms with van der Waals surface area (Å²) in [6.07, 6.45) is 0. The minimum Gasteiger partial charge on any atom is -0.383 e. The van der Waals surface area contributed by atoms with Gasteiger partial charge in [-0.25, -0.2) is 9.37 Å². The standard InChI is InChI=1S/C18H21FN4O2S/c1-4-20-17(24)15-11(2)23-16(21-9-10-25-3)14(22-18(23)26-15)12-5-7-13(19)8-6-12/h5-8,21H,4,9-10H2,1-3H3,(H,20,24). The van der Waals surface area contributed by atoms with E-state index in [2.05, 4.69) is 10.6 Å². The van der Waals surface area contributed by atoms with Crippen molar-refractivity contribution in [2.75, 3.05) is 32.1 Å². The van der Waals surface area contributed by atoms with Crippen LogP contribution >= 0.6 is 11.3 Å². The first kappa shape index (κ1) is 18.3. The predicted molar refractivity (Wildman–Crippen MR) is 102 cm³/mol. The molecule has 1 amide bonds. The Morgan fingerprint density at radius 1 is 1.35 bits per heavy atom. The van der Waals surface area contributed by atoms with Gasteiger partial charge in [0, 0.05) is 31.5 Å². The number of ether oxygens (including phenoxy) is 1. The number of hydrogen-bond donors (Lipinski definition) is 2. The lowest BCUT2D eigenvalue weighted by Crippen LogP contribution is -2.22. The van der Waals surface area contributed by atoms with E-state index in [1.807, 2.05) is 18.2 Å². The molecule has 8 heteroatoms. The van der Waals surface area contributed by atoms with E-state index in [0.29, 0.717) is 29.5 Å².